The van der Waals surface area contributed by atoms with Crippen LogP contribution in [-0.4, -0.2) is 70.3 Å². The highest BCUT2D eigenvalue weighted by Gasteiger charge is 2.32. The van der Waals surface area contributed by atoms with Crippen LogP contribution in [0.2, 0.25) is 0 Å². The van der Waals surface area contributed by atoms with Gasteiger partial charge in [0.1, 0.15) is 0 Å². The smallest absolute Gasteiger partial charge is 0.228 e. The van der Waals surface area contributed by atoms with Gasteiger partial charge >= 0.3 is 0 Å². The summed E-state index contributed by atoms with van der Waals surface area (Å²) in [5, 5.41) is 19.3. The molecule has 2 fully saturated rings. The minimum absolute atomic E-state index is 0.120. The zero-order chi connectivity index (χ0) is 20.6. The van der Waals surface area contributed by atoms with Crippen molar-refractivity contribution in [2.75, 3.05) is 26.2 Å². The molecule has 2 aliphatic rings. The molecule has 2 atom stereocenters. The van der Waals surface area contributed by atoms with Gasteiger partial charge in [0.15, 0.2) is 0 Å². The molecule has 2 rings (SSSR count). The Morgan fingerprint density at radius 1 is 1.04 bits per heavy atom. The summed E-state index contributed by atoms with van der Waals surface area (Å²) in [7, 11) is 0. The first-order valence-corrected chi connectivity index (χ1v) is 11.7. The number of hydrogen-bond donors (Lipinski definition) is 2. The summed E-state index contributed by atoms with van der Waals surface area (Å²) in [5.41, 5.74) is -0.296. The summed E-state index contributed by atoms with van der Waals surface area (Å²) in [6.45, 7) is 9.06. The number of aliphatic hydroxyl groups excluding tert-OH is 2. The number of carbonyl (C=O) groups excluding carboxylic acids is 1. The third kappa shape index (κ3) is 7.31. The first-order chi connectivity index (χ1) is 13.3. The van der Waals surface area contributed by atoms with Gasteiger partial charge < -0.3 is 15.1 Å². The summed E-state index contributed by atoms with van der Waals surface area (Å²) in [6.07, 6.45) is 12.0. The highest BCUT2D eigenvalue weighted by atomic mass is 16.3. The Morgan fingerprint density at radius 3 is 2.36 bits per heavy atom. The maximum Gasteiger partial charge on any atom is 0.228 e. The normalized spacial score (nSPS) is 25.0. The van der Waals surface area contributed by atoms with Crippen LogP contribution in [0.4, 0.5) is 0 Å². The maximum absolute atomic E-state index is 13.0. The number of rotatable bonds is 9. The fraction of sp³-hybridized carbons (Fsp3) is 0.957. The number of carbonyl (C=O) groups is 1. The lowest BCUT2D eigenvalue weighted by molar-refractivity contribution is -0.142. The lowest BCUT2D eigenvalue weighted by atomic mass is 9.89. The topological polar surface area (TPSA) is 64.0 Å². The van der Waals surface area contributed by atoms with Crippen molar-refractivity contribution in [1.82, 2.24) is 9.80 Å². The summed E-state index contributed by atoms with van der Waals surface area (Å²) in [5.74, 6) is 0.317. The van der Waals surface area contributed by atoms with Gasteiger partial charge in [0, 0.05) is 30.6 Å². The molecule has 2 N–H and O–H groups in total. The zero-order valence-corrected chi connectivity index (χ0v) is 18.5. The molecule has 1 aliphatic heterocycles. The van der Waals surface area contributed by atoms with Gasteiger partial charge in [-0.25, -0.2) is 0 Å². The van der Waals surface area contributed by atoms with Crippen LogP contribution in [0.3, 0.4) is 0 Å². The van der Waals surface area contributed by atoms with Crippen LogP contribution in [-0.2, 0) is 4.79 Å². The first-order valence-electron chi connectivity index (χ1n) is 11.7. The molecular formula is C23H44N2O3. The van der Waals surface area contributed by atoms with Crippen LogP contribution in [0, 0.1) is 5.41 Å². The van der Waals surface area contributed by atoms with Gasteiger partial charge in [0.2, 0.25) is 5.91 Å². The highest BCUT2D eigenvalue weighted by molar-refractivity contribution is 5.81. The van der Waals surface area contributed by atoms with E-state index in [0.29, 0.717) is 18.4 Å². The molecule has 1 saturated carbocycles. The Kier molecular flexibility index (Phi) is 9.72. The third-order valence-corrected chi connectivity index (χ3v) is 6.53. The molecule has 28 heavy (non-hydrogen) atoms. The second-order valence-electron chi connectivity index (χ2n) is 10.0. The van der Waals surface area contributed by atoms with Crippen molar-refractivity contribution in [1.29, 1.82) is 0 Å². The van der Waals surface area contributed by atoms with Crippen LogP contribution in [0.1, 0.15) is 91.4 Å². The molecule has 0 aromatic heterocycles. The molecule has 0 aromatic carbocycles. The van der Waals surface area contributed by atoms with Crippen molar-refractivity contribution in [3.63, 3.8) is 0 Å². The summed E-state index contributed by atoms with van der Waals surface area (Å²) in [4.78, 5) is 17.5. The fourth-order valence-electron chi connectivity index (χ4n) is 4.79. The van der Waals surface area contributed by atoms with E-state index in [1.54, 1.807) is 0 Å². The molecule has 5 heteroatoms. The Labute approximate surface area is 172 Å². The molecule has 1 amide bonds. The average Bonchev–Trinajstić information content (AvgIpc) is 2.67. The maximum atomic E-state index is 13.0. The van der Waals surface area contributed by atoms with Crippen LogP contribution in [0.25, 0.3) is 0 Å². The van der Waals surface area contributed by atoms with Crippen molar-refractivity contribution >= 4 is 5.91 Å². The molecule has 0 spiro atoms. The molecule has 1 heterocycles. The van der Waals surface area contributed by atoms with E-state index < -0.39 is 0 Å². The number of amides is 1. The zero-order valence-electron chi connectivity index (χ0n) is 18.5. The van der Waals surface area contributed by atoms with Gasteiger partial charge in [-0.15, -0.1) is 0 Å². The fourth-order valence-corrected chi connectivity index (χ4v) is 4.79. The van der Waals surface area contributed by atoms with Crippen LogP contribution >= 0.6 is 0 Å². The van der Waals surface area contributed by atoms with Gasteiger partial charge in [-0.2, -0.15) is 0 Å². The number of nitrogens with zero attached hydrogens (tertiary/aromatic N) is 2. The molecule has 0 bridgehead atoms. The second kappa shape index (κ2) is 11.5. The predicted octanol–water partition coefficient (Wildman–Crippen LogP) is 3.57. The summed E-state index contributed by atoms with van der Waals surface area (Å²) < 4.78 is 0. The Morgan fingerprint density at radius 2 is 1.71 bits per heavy atom. The molecule has 0 aromatic rings. The molecule has 1 saturated heterocycles. The molecule has 5 nitrogen and oxygen atoms in total. The number of aliphatic hydroxyl groups is 2. The Balaban J connectivity index is 1.71. The molecule has 0 unspecified atom stereocenters. The van der Waals surface area contributed by atoms with Gasteiger partial charge in [-0.1, -0.05) is 52.9 Å². The summed E-state index contributed by atoms with van der Waals surface area (Å²) in [6, 6.07) is 0.570. The molecule has 1 aliphatic carbocycles. The highest BCUT2D eigenvalue weighted by Crippen LogP contribution is 2.27. The quantitative estimate of drug-likeness (QED) is 0.585. The van der Waals surface area contributed by atoms with Gasteiger partial charge in [0.25, 0.3) is 0 Å². The van der Waals surface area contributed by atoms with Gasteiger partial charge in [-0.3, -0.25) is 9.69 Å². The standard InChI is InChI=1S/C23H44N2O3/c1-23(2,3)22(28)25(19-11-7-6-8-12-19)15-10-5-4-9-14-24-16-13-21(27)17-20(24)18-26/h19-21,26-27H,4-18H2,1-3H3/t20-,21+/m0/s1. The SMILES string of the molecule is CC(C)(C)C(=O)N(CCCCCCN1CC[C@@H](O)C[C@H]1CO)C1CCCCC1. The van der Waals surface area contributed by atoms with E-state index in [-0.39, 0.29) is 24.2 Å². The van der Waals surface area contributed by atoms with Crippen molar-refractivity contribution in [3.8, 4) is 0 Å². The van der Waals surface area contributed by atoms with E-state index in [1.165, 1.54) is 38.5 Å². The molecule has 164 valence electrons. The summed E-state index contributed by atoms with van der Waals surface area (Å²) >= 11 is 0. The molecule has 0 radical (unpaired) electrons. The van der Waals surface area contributed by atoms with Crippen molar-refractivity contribution in [3.05, 3.63) is 0 Å². The van der Waals surface area contributed by atoms with Gasteiger partial charge in [0.05, 0.1) is 12.7 Å². The van der Waals surface area contributed by atoms with Crippen molar-refractivity contribution < 1.29 is 15.0 Å². The van der Waals surface area contributed by atoms with E-state index in [4.69, 9.17) is 0 Å². The van der Waals surface area contributed by atoms with E-state index in [1.807, 2.05) is 20.8 Å². The Hall–Kier alpha value is -0.650. The number of unbranched alkanes of at least 4 members (excludes halogenated alkanes) is 3. The number of likely N-dealkylation sites (tertiary alicyclic amines) is 1. The third-order valence-electron chi connectivity index (χ3n) is 6.53. The Bertz CT molecular complexity index is 457. The van der Waals surface area contributed by atoms with Crippen LogP contribution in [0.5, 0.6) is 0 Å². The second-order valence-corrected chi connectivity index (χ2v) is 10.0. The van der Waals surface area contributed by atoms with E-state index in [0.717, 1.165) is 45.3 Å². The van der Waals surface area contributed by atoms with Gasteiger partial charge in [-0.05, 0) is 45.1 Å². The average molecular weight is 397 g/mol. The van der Waals surface area contributed by atoms with Crippen LogP contribution in [0.15, 0.2) is 0 Å². The van der Waals surface area contributed by atoms with E-state index in [2.05, 4.69) is 9.80 Å². The van der Waals surface area contributed by atoms with E-state index in [9.17, 15) is 15.0 Å². The van der Waals surface area contributed by atoms with E-state index >= 15 is 0 Å². The largest absolute Gasteiger partial charge is 0.395 e. The lowest BCUT2D eigenvalue weighted by Crippen LogP contribution is -2.47. The minimum atomic E-state index is -0.296. The molecular weight excluding hydrogens is 352 g/mol. The van der Waals surface area contributed by atoms with Crippen LogP contribution < -0.4 is 0 Å². The number of piperidine rings is 1. The monoisotopic (exact) mass is 396 g/mol. The number of hydrogen-bond acceptors (Lipinski definition) is 4. The van der Waals surface area contributed by atoms with Crippen molar-refractivity contribution in [2.45, 2.75) is 110 Å². The van der Waals surface area contributed by atoms with Crippen molar-refractivity contribution in [2.24, 2.45) is 5.41 Å². The first kappa shape index (κ1) is 23.6. The lowest BCUT2D eigenvalue weighted by Gasteiger charge is -2.38. The predicted molar refractivity (Wildman–Crippen MR) is 114 cm³/mol. The minimum Gasteiger partial charge on any atom is -0.395 e.